The van der Waals surface area contributed by atoms with Gasteiger partial charge in [0.15, 0.2) is 0 Å². The van der Waals surface area contributed by atoms with Gasteiger partial charge in [-0.1, -0.05) is 43.3 Å². The number of ether oxygens (including phenoxy) is 1. The van der Waals surface area contributed by atoms with Crippen molar-refractivity contribution in [1.29, 1.82) is 0 Å². The lowest BCUT2D eigenvalue weighted by molar-refractivity contribution is 0.317. The summed E-state index contributed by atoms with van der Waals surface area (Å²) in [5.74, 6) is 1.71. The van der Waals surface area contributed by atoms with E-state index in [1.165, 1.54) is 42.4 Å². The van der Waals surface area contributed by atoms with Crippen LogP contribution in [0.1, 0.15) is 50.5 Å². The fraction of sp³-hybridized carbons (Fsp3) is 0.381. The van der Waals surface area contributed by atoms with Crippen molar-refractivity contribution in [3.8, 4) is 16.9 Å². The average Bonchev–Trinajstić information content (AvgIpc) is 2.61. The van der Waals surface area contributed by atoms with Crippen LogP contribution in [0.25, 0.3) is 11.1 Å². The number of hydrogen-bond acceptors (Lipinski definition) is 1. The van der Waals surface area contributed by atoms with Crippen molar-refractivity contribution in [3.63, 3.8) is 0 Å². The largest absolute Gasteiger partial charge is 0.494 e. The summed E-state index contributed by atoms with van der Waals surface area (Å²) in [4.78, 5) is 0. The highest BCUT2D eigenvalue weighted by Gasteiger charge is 2.15. The Morgan fingerprint density at radius 2 is 1.45 bits per heavy atom. The Balaban J connectivity index is 1.69. The second kappa shape index (κ2) is 7.49. The van der Waals surface area contributed by atoms with Crippen molar-refractivity contribution >= 4 is 0 Å². The standard InChI is InChI=1S/C21H25O/c1-2-16-22-21-14-12-20(13-15-21)19-10-8-18(9-11-19)17-6-4-3-5-7-17/h3,8-15,17H,2,4-7,16H2,1H3. The van der Waals surface area contributed by atoms with Gasteiger partial charge in [-0.3, -0.25) is 0 Å². The molecule has 0 aromatic heterocycles. The first-order valence-electron chi connectivity index (χ1n) is 8.51. The highest BCUT2D eigenvalue weighted by Crippen LogP contribution is 2.33. The fourth-order valence-electron chi connectivity index (χ4n) is 3.17. The number of hydrogen-bond donors (Lipinski definition) is 0. The van der Waals surface area contributed by atoms with E-state index < -0.39 is 0 Å². The molecule has 115 valence electrons. The van der Waals surface area contributed by atoms with E-state index in [4.69, 9.17) is 4.74 Å². The van der Waals surface area contributed by atoms with Crippen LogP contribution in [0.4, 0.5) is 0 Å². The summed E-state index contributed by atoms with van der Waals surface area (Å²) in [5, 5.41) is 0. The van der Waals surface area contributed by atoms with Crippen molar-refractivity contribution in [3.05, 3.63) is 60.5 Å². The van der Waals surface area contributed by atoms with Crippen LogP contribution in [0, 0.1) is 6.42 Å². The molecule has 1 radical (unpaired) electrons. The number of rotatable bonds is 5. The molecule has 0 aliphatic heterocycles. The number of benzene rings is 2. The van der Waals surface area contributed by atoms with Gasteiger partial charge in [0.1, 0.15) is 5.75 Å². The Morgan fingerprint density at radius 3 is 2.05 bits per heavy atom. The minimum Gasteiger partial charge on any atom is -0.494 e. The summed E-state index contributed by atoms with van der Waals surface area (Å²) in [5.41, 5.74) is 4.04. The average molecular weight is 293 g/mol. The fourth-order valence-corrected chi connectivity index (χ4v) is 3.17. The summed E-state index contributed by atoms with van der Waals surface area (Å²) < 4.78 is 5.64. The van der Waals surface area contributed by atoms with Gasteiger partial charge in [-0.25, -0.2) is 0 Å². The Labute approximate surface area is 134 Å². The molecule has 2 aromatic carbocycles. The molecule has 1 heteroatoms. The van der Waals surface area contributed by atoms with Gasteiger partial charge in [0.05, 0.1) is 6.61 Å². The first-order chi connectivity index (χ1) is 10.9. The molecule has 1 aliphatic carbocycles. The van der Waals surface area contributed by atoms with Gasteiger partial charge < -0.3 is 4.74 Å². The molecule has 1 nitrogen and oxygen atoms in total. The summed E-state index contributed by atoms with van der Waals surface area (Å²) in [6, 6.07) is 17.6. The van der Waals surface area contributed by atoms with Gasteiger partial charge in [-0.2, -0.15) is 0 Å². The van der Waals surface area contributed by atoms with E-state index in [1.807, 2.05) is 0 Å². The first-order valence-corrected chi connectivity index (χ1v) is 8.51. The SMILES string of the molecule is CCCOc1ccc(-c2ccc(C3CC[CH]CC3)cc2)cc1. The first kappa shape index (κ1) is 15.1. The molecule has 0 heterocycles. The molecule has 2 aromatic rings. The van der Waals surface area contributed by atoms with Crippen molar-refractivity contribution in [2.24, 2.45) is 0 Å². The van der Waals surface area contributed by atoms with Crippen molar-refractivity contribution in [1.82, 2.24) is 0 Å². The lowest BCUT2D eigenvalue weighted by Gasteiger charge is -2.21. The molecule has 0 bridgehead atoms. The van der Waals surface area contributed by atoms with Gasteiger partial charge >= 0.3 is 0 Å². The molecule has 0 N–H and O–H groups in total. The molecule has 1 saturated carbocycles. The molecular weight excluding hydrogens is 268 g/mol. The van der Waals surface area contributed by atoms with Crippen molar-refractivity contribution < 1.29 is 4.74 Å². The smallest absolute Gasteiger partial charge is 0.119 e. The monoisotopic (exact) mass is 293 g/mol. The lowest BCUT2D eigenvalue weighted by atomic mass is 9.84. The van der Waals surface area contributed by atoms with Crippen LogP contribution in [0.2, 0.25) is 0 Å². The summed E-state index contributed by atoms with van der Waals surface area (Å²) in [6.07, 6.45) is 8.62. The van der Waals surface area contributed by atoms with Gasteiger partial charge in [-0.05, 0) is 73.3 Å². The molecular formula is C21H25O. The third kappa shape index (κ3) is 3.71. The summed E-state index contributed by atoms with van der Waals surface area (Å²) in [7, 11) is 0. The van der Waals surface area contributed by atoms with Crippen molar-refractivity contribution in [2.75, 3.05) is 6.61 Å². The molecule has 0 saturated heterocycles. The maximum Gasteiger partial charge on any atom is 0.119 e. The predicted molar refractivity (Wildman–Crippen MR) is 93.2 cm³/mol. The zero-order valence-corrected chi connectivity index (χ0v) is 13.4. The minimum atomic E-state index is 0.754. The Morgan fingerprint density at radius 1 is 0.864 bits per heavy atom. The van der Waals surface area contributed by atoms with Gasteiger partial charge in [0.25, 0.3) is 0 Å². The third-order valence-electron chi connectivity index (χ3n) is 4.48. The van der Waals surface area contributed by atoms with Gasteiger partial charge in [-0.15, -0.1) is 0 Å². The molecule has 0 unspecified atom stereocenters. The predicted octanol–water partition coefficient (Wildman–Crippen LogP) is 6.00. The quantitative estimate of drug-likeness (QED) is 0.656. The van der Waals surface area contributed by atoms with E-state index in [0.29, 0.717) is 0 Å². The topological polar surface area (TPSA) is 9.23 Å². The molecule has 3 rings (SSSR count). The molecule has 0 amide bonds. The van der Waals surface area contributed by atoms with Crippen LogP contribution < -0.4 is 4.74 Å². The van der Waals surface area contributed by atoms with Crippen LogP contribution in [-0.4, -0.2) is 6.61 Å². The van der Waals surface area contributed by atoms with Crippen LogP contribution in [0.15, 0.2) is 48.5 Å². The second-order valence-corrected chi connectivity index (χ2v) is 6.14. The zero-order chi connectivity index (χ0) is 15.2. The van der Waals surface area contributed by atoms with Crippen LogP contribution in [0.3, 0.4) is 0 Å². The third-order valence-corrected chi connectivity index (χ3v) is 4.48. The maximum atomic E-state index is 5.64. The van der Waals surface area contributed by atoms with E-state index in [-0.39, 0.29) is 0 Å². The van der Waals surface area contributed by atoms with Crippen molar-refractivity contribution in [2.45, 2.75) is 44.9 Å². The van der Waals surface area contributed by atoms with E-state index in [0.717, 1.165) is 24.7 Å². The van der Waals surface area contributed by atoms with Crippen LogP contribution in [-0.2, 0) is 0 Å². The highest BCUT2D eigenvalue weighted by atomic mass is 16.5. The Hall–Kier alpha value is -1.76. The Bertz CT molecular complexity index is 562. The minimum absolute atomic E-state index is 0.754. The second-order valence-electron chi connectivity index (χ2n) is 6.14. The molecule has 1 aliphatic rings. The molecule has 22 heavy (non-hydrogen) atoms. The van der Waals surface area contributed by atoms with E-state index in [9.17, 15) is 0 Å². The maximum absolute atomic E-state index is 5.64. The Kier molecular flexibility index (Phi) is 5.15. The lowest BCUT2D eigenvalue weighted by Crippen LogP contribution is -2.04. The molecule has 0 spiro atoms. The van der Waals surface area contributed by atoms with E-state index in [2.05, 4.69) is 61.9 Å². The summed E-state index contributed by atoms with van der Waals surface area (Å²) >= 11 is 0. The zero-order valence-electron chi connectivity index (χ0n) is 13.4. The molecule has 0 atom stereocenters. The normalized spacial score (nSPS) is 15.7. The summed E-state index contributed by atoms with van der Waals surface area (Å²) in [6.45, 7) is 2.91. The van der Waals surface area contributed by atoms with Gasteiger partial charge in [0.2, 0.25) is 0 Å². The highest BCUT2D eigenvalue weighted by molar-refractivity contribution is 5.64. The van der Waals surface area contributed by atoms with Crippen LogP contribution in [0.5, 0.6) is 5.75 Å². The van der Waals surface area contributed by atoms with E-state index >= 15 is 0 Å². The van der Waals surface area contributed by atoms with Gasteiger partial charge in [0, 0.05) is 0 Å². The molecule has 1 fully saturated rings. The van der Waals surface area contributed by atoms with E-state index in [1.54, 1.807) is 0 Å². The van der Waals surface area contributed by atoms with Crippen LogP contribution >= 0.6 is 0 Å².